The van der Waals surface area contributed by atoms with E-state index in [-0.39, 0.29) is 17.0 Å². The molecular formula is C7H10O2. The number of allylic oxidation sites excluding steroid dienone is 2. The van der Waals surface area contributed by atoms with E-state index >= 15 is 0 Å². The second kappa shape index (κ2) is 1.59. The molecule has 2 nitrogen and oxygen atoms in total. The van der Waals surface area contributed by atoms with E-state index in [0.717, 1.165) is 0 Å². The summed E-state index contributed by atoms with van der Waals surface area (Å²) in [4.78, 5) is 10.9. The largest absolute Gasteiger partial charge is 0.505 e. The van der Waals surface area contributed by atoms with Crippen molar-refractivity contribution < 1.29 is 9.90 Å². The monoisotopic (exact) mass is 126 g/mol. The van der Waals surface area contributed by atoms with Crippen LogP contribution in [0.3, 0.4) is 0 Å². The third kappa shape index (κ3) is 0.846. The maximum atomic E-state index is 10.9. The van der Waals surface area contributed by atoms with Crippen LogP contribution < -0.4 is 0 Å². The van der Waals surface area contributed by atoms with Gasteiger partial charge in [0.15, 0.2) is 5.76 Å². The van der Waals surface area contributed by atoms with Gasteiger partial charge in [-0.1, -0.05) is 13.8 Å². The highest BCUT2D eigenvalue weighted by atomic mass is 16.3. The number of hydrogen-bond acceptors (Lipinski definition) is 2. The van der Waals surface area contributed by atoms with Crippen LogP contribution in [-0.2, 0) is 4.79 Å². The van der Waals surface area contributed by atoms with Crippen LogP contribution in [0.25, 0.3) is 0 Å². The summed E-state index contributed by atoms with van der Waals surface area (Å²) in [6.07, 6.45) is 2.24. The van der Waals surface area contributed by atoms with Gasteiger partial charge >= 0.3 is 0 Å². The summed E-state index contributed by atoms with van der Waals surface area (Å²) in [7, 11) is 0. The molecule has 0 saturated heterocycles. The zero-order valence-corrected chi connectivity index (χ0v) is 5.64. The lowest BCUT2D eigenvalue weighted by atomic mass is 9.90. The molecule has 50 valence electrons. The van der Waals surface area contributed by atoms with Crippen molar-refractivity contribution in [3.8, 4) is 0 Å². The van der Waals surface area contributed by atoms with Gasteiger partial charge in [-0.05, 0) is 12.5 Å². The Labute approximate surface area is 54.2 Å². The fourth-order valence-electron chi connectivity index (χ4n) is 0.884. The van der Waals surface area contributed by atoms with Crippen LogP contribution in [0.1, 0.15) is 20.3 Å². The molecule has 2 heteroatoms. The number of ketones is 1. The number of aliphatic hydroxyl groups excluding tert-OH is 1. The molecule has 0 atom stereocenters. The maximum Gasteiger partial charge on any atom is 0.202 e. The molecule has 0 saturated carbocycles. The molecular weight excluding hydrogens is 116 g/mol. The lowest BCUT2D eigenvalue weighted by molar-refractivity contribution is -0.124. The standard InChI is InChI=1S/C7H10O2/c1-7(2)4-3-5(8)6(7)9/h3,8H,4H2,1-2H3. The fourth-order valence-corrected chi connectivity index (χ4v) is 0.884. The maximum absolute atomic E-state index is 10.9. The minimum Gasteiger partial charge on any atom is -0.505 e. The Kier molecular flexibility index (Phi) is 1.12. The Morgan fingerprint density at radius 1 is 1.67 bits per heavy atom. The lowest BCUT2D eigenvalue weighted by Crippen LogP contribution is -2.19. The number of carbonyl (C=O) groups is 1. The van der Waals surface area contributed by atoms with Crippen LogP contribution in [-0.4, -0.2) is 10.9 Å². The third-order valence-electron chi connectivity index (χ3n) is 1.65. The number of carbonyl (C=O) groups excluding carboxylic acids is 1. The Bertz CT molecular complexity index is 177. The molecule has 9 heavy (non-hydrogen) atoms. The molecule has 0 aliphatic heterocycles. The highest BCUT2D eigenvalue weighted by Gasteiger charge is 2.34. The van der Waals surface area contributed by atoms with Crippen molar-refractivity contribution in [3.63, 3.8) is 0 Å². The fraction of sp³-hybridized carbons (Fsp3) is 0.571. The molecule has 1 aliphatic carbocycles. The summed E-state index contributed by atoms with van der Waals surface area (Å²) in [5.41, 5.74) is -0.357. The van der Waals surface area contributed by atoms with E-state index in [0.29, 0.717) is 6.42 Å². The van der Waals surface area contributed by atoms with E-state index in [1.807, 2.05) is 13.8 Å². The van der Waals surface area contributed by atoms with Crippen molar-refractivity contribution in [2.45, 2.75) is 20.3 Å². The summed E-state index contributed by atoms with van der Waals surface area (Å²) in [5, 5.41) is 8.84. The predicted octanol–water partition coefficient (Wildman–Crippen LogP) is 1.43. The zero-order valence-electron chi connectivity index (χ0n) is 5.64. The van der Waals surface area contributed by atoms with Crippen LogP contribution in [0.2, 0.25) is 0 Å². The van der Waals surface area contributed by atoms with E-state index in [2.05, 4.69) is 0 Å². The van der Waals surface area contributed by atoms with Crippen molar-refractivity contribution in [1.29, 1.82) is 0 Å². The SMILES string of the molecule is CC1(C)CC=C(O)C1=O. The van der Waals surface area contributed by atoms with Crippen molar-refractivity contribution in [3.05, 3.63) is 11.8 Å². The first-order chi connectivity index (χ1) is 4.04. The number of rotatable bonds is 0. The van der Waals surface area contributed by atoms with Gasteiger partial charge in [0, 0.05) is 5.41 Å². The molecule has 0 aromatic carbocycles. The molecule has 0 bridgehead atoms. The molecule has 1 aliphatic rings. The van der Waals surface area contributed by atoms with Crippen molar-refractivity contribution in [1.82, 2.24) is 0 Å². The average molecular weight is 126 g/mol. The van der Waals surface area contributed by atoms with E-state index in [1.54, 1.807) is 6.08 Å². The van der Waals surface area contributed by atoms with Gasteiger partial charge in [-0.15, -0.1) is 0 Å². The minimum atomic E-state index is -0.357. The molecule has 0 aromatic rings. The molecule has 0 fully saturated rings. The number of aliphatic hydroxyl groups is 1. The Morgan fingerprint density at radius 2 is 2.22 bits per heavy atom. The molecule has 1 N–H and O–H groups in total. The van der Waals surface area contributed by atoms with E-state index in [4.69, 9.17) is 5.11 Å². The highest BCUT2D eigenvalue weighted by Crippen LogP contribution is 2.31. The molecule has 0 heterocycles. The van der Waals surface area contributed by atoms with Crippen LogP contribution in [0.4, 0.5) is 0 Å². The molecule has 0 amide bonds. The molecule has 0 spiro atoms. The Balaban J connectivity index is 2.86. The topological polar surface area (TPSA) is 37.3 Å². The lowest BCUT2D eigenvalue weighted by Gasteiger charge is -2.12. The first-order valence-corrected chi connectivity index (χ1v) is 2.98. The molecule has 0 aromatic heterocycles. The normalized spacial score (nSPS) is 24.2. The van der Waals surface area contributed by atoms with Crippen LogP contribution in [0.5, 0.6) is 0 Å². The van der Waals surface area contributed by atoms with Crippen LogP contribution >= 0.6 is 0 Å². The van der Waals surface area contributed by atoms with Gasteiger partial charge in [-0.25, -0.2) is 0 Å². The molecule has 0 unspecified atom stereocenters. The first-order valence-electron chi connectivity index (χ1n) is 2.98. The zero-order chi connectivity index (χ0) is 7.07. The Morgan fingerprint density at radius 3 is 2.33 bits per heavy atom. The van der Waals surface area contributed by atoms with Gasteiger partial charge < -0.3 is 5.11 Å². The number of hydrogen-bond donors (Lipinski definition) is 1. The van der Waals surface area contributed by atoms with Gasteiger partial charge in [0.1, 0.15) is 0 Å². The van der Waals surface area contributed by atoms with E-state index in [9.17, 15) is 4.79 Å². The van der Waals surface area contributed by atoms with E-state index < -0.39 is 0 Å². The Hall–Kier alpha value is -0.790. The number of Topliss-reactive ketones (excluding diaryl/α,β-unsaturated/α-hetero) is 1. The molecule has 1 rings (SSSR count). The van der Waals surface area contributed by atoms with Gasteiger partial charge in [-0.2, -0.15) is 0 Å². The summed E-state index contributed by atoms with van der Waals surface area (Å²) in [6.45, 7) is 3.66. The second-order valence-corrected chi connectivity index (χ2v) is 3.01. The van der Waals surface area contributed by atoms with Crippen molar-refractivity contribution in [2.24, 2.45) is 5.41 Å². The first kappa shape index (κ1) is 6.33. The quantitative estimate of drug-likeness (QED) is 0.533. The van der Waals surface area contributed by atoms with Gasteiger partial charge in [-0.3, -0.25) is 4.79 Å². The van der Waals surface area contributed by atoms with Crippen molar-refractivity contribution >= 4 is 5.78 Å². The third-order valence-corrected chi connectivity index (χ3v) is 1.65. The minimum absolute atomic E-state index is 0.0694. The van der Waals surface area contributed by atoms with E-state index in [1.165, 1.54) is 0 Å². The average Bonchev–Trinajstić information content (AvgIpc) is 1.97. The van der Waals surface area contributed by atoms with Gasteiger partial charge in [0.2, 0.25) is 5.78 Å². The second-order valence-electron chi connectivity index (χ2n) is 3.01. The summed E-state index contributed by atoms with van der Waals surface area (Å²) < 4.78 is 0. The van der Waals surface area contributed by atoms with Gasteiger partial charge in [0.05, 0.1) is 0 Å². The predicted molar refractivity (Wildman–Crippen MR) is 34.1 cm³/mol. The van der Waals surface area contributed by atoms with Crippen LogP contribution in [0.15, 0.2) is 11.8 Å². The summed E-state index contributed by atoms with van der Waals surface area (Å²) in [6, 6.07) is 0. The summed E-state index contributed by atoms with van der Waals surface area (Å²) >= 11 is 0. The highest BCUT2D eigenvalue weighted by molar-refractivity contribution is 5.99. The molecule has 0 radical (unpaired) electrons. The van der Waals surface area contributed by atoms with Crippen molar-refractivity contribution in [2.75, 3.05) is 0 Å². The van der Waals surface area contributed by atoms with Gasteiger partial charge in [0.25, 0.3) is 0 Å². The summed E-state index contributed by atoms with van der Waals surface area (Å²) in [5.74, 6) is -0.206. The van der Waals surface area contributed by atoms with Crippen LogP contribution in [0, 0.1) is 5.41 Å². The smallest absolute Gasteiger partial charge is 0.202 e.